The fourth-order valence-electron chi connectivity index (χ4n) is 2.29. The van der Waals surface area contributed by atoms with E-state index in [0.29, 0.717) is 5.69 Å². The molecule has 1 amide bonds. The summed E-state index contributed by atoms with van der Waals surface area (Å²) in [5.41, 5.74) is -0.255. The zero-order valence-electron chi connectivity index (χ0n) is 14.0. The number of hydrogen-bond donors (Lipinski definition) is 2. The number of nitrogens with zero attached hydrogens (tertiary/aromatic N) is 1. The van der Waals surface area contributed by atoms with Crippen LogP contribution in [0.25, 0.3) is 0 Å². The van der Waals surface area contributed by atoms with Crippen molar-refractivity contribution in [3.8, 4) is 0 Å². The summed E-state index contributed by atoms with van der Waals surface area (Å²) in [6, 6.07) is 9.81. The highest BCUT2D eigenvalue weighted by molar-refractivity contribution is 6.02. The summed E-state index contributed by atoms with van der Waals surface area (Å²) in [6.07, 6.45) is -3.19. The van der Waals surface area contributed by atoms with E-state index in [9.17, 15) is 26.7 Å². The fraction of sp³-hybridized carbons (Fsp3) is 0.0526. The second-order valence-electron chi connectivity index (χ2n) is 5.71. The lowest BCUT2D eigenvalue weighted by Crippen LogP contribution is -2.14. The smallest absolute Gasteiger partial charge is 0.352 e. The van der Waals surface area contributed by atoms with Crippen LogP contribution in [0.1, 0.15) is 16.1 Å². The Morgan fingerprint density at radius 2 is 1.57 bits per heavy atom. The van der Waals surface area contributed by atoms with Crippen molar-refractivity contribution in [3.63, 3.8) is 0 Å². The Morgan fingerprint density at radius 1 is 0.893 bits per heavy atom. The molecule has 0 atom stereocenters. The summed E-state index contributed by atoms with van der Waals surface area (Å²) < 4.78 is 64.2. The van der Waals surface area contributed by atoms with Crippen molar-refractivity contribution in [3.05, 3.63) is 83.7 Å². The highest BCUT2D eigenvalue weighted by Crippen LogP contribution is 2.30. The Morgan fingerprint density at radius 3 is 2.14 bits per heavy atom. The van der Waals surface area contributed by atoms with E-state index in [1.165, 1.54) is 24.4 Å². The number of halogens is 5. The molecule has 0 saturated carbocycles. The topological polar surface area (TPSA) is 54.0 Å². The predicted octanol–water partition coefficient (Wildman–Crippen LogP) is 5.37. The number of anilines is 3. The summed E-state index contributed by atoms with van der Waals surface area (Å²) in [7, 11) is 0. The molecule has 144 valence electrons. The number of carbonyl (C=O) groups excluding carboxylic acids is 1. The molecule has 0 saturated heterocycles. The van der Waals surface area contributed by atoms with Crippen molar-refractivity contribution in [2.24, 2.45) is 0 Å². The second kappa shape index (κ2) is 7.63. The SMILES string of the molecule is O=C(Nc1ccc(C(F)(F)F)cc1)c1ccc(Nc2ccc(F)cc2F)cn1. The number of carbonyl (C=O) groups is 1. The first-order chi connectivity index (χ1) is 13.2. The van der Waals surface area contributed by atoms with Gasteiger partial charge in [-0.1, -0.05) is 0 Å². The maximum atomic E-state index is 13.6. The molecule has 3 rings (SSSR count). The minimum Gasteiger partial charge on any atom is -0.352 e. The molecule has 0 spiro atoms. The minimum absolute atomic E-state index is 0.00465. The van der Waals surface area contributed by atoms with Crippen LogP contribution in [0.5, 0.6) is 0 Å². The number of aromatic nitrogens is 1. The molecule has 2 N–H and O–H groups in total. The third-order valence-electron chi connectivity index (χ3n) is 3.68. The minimum atomic E-state index is -4.46. The standard InChI is InChI=1S/C19H12F5N3O/c20-12-3-7-16(15(21)9-12)26-14-6-8-17(25-10-14)18(28)27-13-4-1-11(2-5-13)19(22,23)24/h1-10,26H,(H,27,28). The van der Waals surface area contributed by atoms with E-state index >= 15 is 0 Å². The number of pyridine rings is 1. The number of alkyl halides is 3. The molecule has 0 bridgehead atoms. The van der Waals surface area contributed by atoms with Crippen LogP contribution < -0.4 is 10.6 Å². The van der Waals surface area contributed by atoms with Crippen LogP contribution in [-0.4, -0.2) is 10.9 Å². The molecule has 4 nitrogen and oxygen atoms in total. The number of hydrogen-bond acceptors (Lipinski definition) is 3. The van der Waals surface area contributed by atoms with E-state index < -0.39 is 29.3 Å². The highest BCUT2D eigenvalue weighted by atomic mass is 19.4. The molecular formula is C19H12F5N3O. The zero-order chi connectivity index (χ0) is 20.3. The summed E-state index contributed by atoms with van der Waals surface area (Å²) in [5, 5.41) is 5.12. The van der Waals surface area contributed by atoms with Crippen LogP contribution in [0.2, 0.25) is 0 Å². The van der Waals surface area contributed by atoms with Crippen molar-refractivity contribution in [1.29, 1.82) is 0 Å². The Labute approximate surface area is 156 Å². The molecule has 0 aliphatic heterocycles. The molecular weight excluding hydrogens is 381 g/mol. The molecule has 0 fully saturated rings. The molecule has 3 aromatic rings. The Balaban J connectivity index is 1.66. The van der Waals surface area contributed by atoms with Gasteiger partial charge in [0.25, 0.3) is 5.91 Å². The summed E-state index contributed by atoms with van der Waals surface area (Å²) in [5.74, 6) is -2.13. The molecule has 2 aromatic carbocycles. The van der Waals surface area contributed by atoms with E-state index in [1.807, 2.05) is 0 Å². The van der Waals surface area contributed by atoms with Gasteiger partial charge in [-0.25, -0.2) is 13.8 Å². The average molecular weight is 393 g/mol. The van der Waals surface area contributed by atoms with Gasteiger partial charge in [-0.05, 0) is 48.5 Å². The van der Waals surface area contributed by atoms with Gasteiger partial charge in [0.2, 0.25) is 0 Å². The summed E-state index contributed by atoms with van der Waals surface area (Å²) in [6.45, 7) is 0. The van der Waals surface area contributed by atoms with Gasteiger partial charge >= 0.3 is 6.18 Å². The first-order valence-corrected chi connectivity index (χ1v) is 7.89. The van der Waals surface area contributed by atoms with Crippen molar-refractivity contribution in [2.75, 3.05) is 10.6 Å². The second-order valence-corrected chi connectivity index (χ2v) is 5.71. The lowest BCUT2D eigenvalue weighted by atomic mass is 10.2. The van der Waals surface area contributed by atoms with Gasteiger partial charge in [-0.15, -0.1) is 0 Å². The van der Waals surface area contributed by atoms with Crippen LogP contribution in [0, 0.1) is 11.6 Å². The van der Waals surface area contributed by atoms with E-state index in [1.54, 1.807) is 0 Å². The molecule has 1 aromatic heterocycles. The largest absolute Gasteiger partial charge is 0.416 e. The van der Waals surface area contributed by atoms with E-state index in [0.717, 1.165) is 36.4 Å². The quantitative estimate of drug-likeness (QED) is 0.586. The zero-order valence-corrected chi connectivity index (χ0v) is 14.0. The number of amides is 1. The van der Waals surface area contributed by atoms with Crippen molar-refractivity contribution in [1.82, 2.24) is 4.98 Å². The Hall–Kier alpha value is -3.49. The van der Waals surface area contributed by atoms with Crippen LogP contribution in [0.3, 0.4) is 0 Å². The molecule has 1 heterocycles. The molecule has 0 aliphatic rings. The maximum Gasteiger partial charge on any atom is 0.416 e. The maximum absolute atomic E-state index is 13.6. The average Bonchev–Trinajstić information content (AvgIpc) is 2.64. The molecule has 28 heavy (non-hydrogen) atoms. The highest BCUT2D eigenvalue weighted by Gasteiger charge is 2.30. The molecule has 0 unspecified atom stereocenters. The lowest BCUT2D eigenvalue weighted by molar-refractivity contribution is -0.137. The van der Waals surface area contributed by atoms with E-state index in [-0.39, 0.29) is 17.1 Å². The summed E-state index contributed by atoms with van der Waals surface area (Å²) >= 11 is 0. The third-order valence-corrected chi connectivity index (χ3v) is 3.68. The van der Waals surface area contributed by atoms with Gasteiger partial charge in [0, 0.05) is 11.8 Å². The van der Waals surface area contributed by atoms with Crippen molar-refractivity contribution in [2.45, 2.75) is 6.18 Å². The van der Waals surface area contributed by atoms with Crippen LogP contribution in [-0.2, 0) is 6.18 Å². The van der Waals surface area contributed by atoms with Gasteiger partial charge < -0.3 is 10.6 Å². The predicted molar refractivity (Wildman–Crippen MR) is 93.3 cm³/mol. The third kappa shape index (κ3) is 4.61. The van der Waals surface area contributed by atoms with Gasteiger partial charge in [0.05, 0.1) is 23.1 Å². The van der Waals surface area contributed by atoms with Crippen LogP contribution in [0.15, 0.2) is 60.8 Å². The first-order valence-electron chi connectivity index (χ1n) is 7.89. The number of benzene rings is 2. The normalized spacial score (nSPS) is 11.2. The number of rotatable bonds is 4. The Bertz CT molecular complexity index is 986. The molecule has 0 radical (unpaired) electrons. The summed E-state index contributed by atoms with van der Waals surface area (Å²) in [4.78, 5) is 16.1. The lowest BCUT2D eigenvalue weighted by Gasteiger charge is -2.10. The Kier molecular flexibility index (Phi) is 5.25. The molecule has 0 aliphatic carbocycles. The molecule has 9 heteroatoms. The monoisotopic (exact) mass is 393 g/mol. The van der Waals surface area contributed by atoms with Gasteiger partial charge in [-0.2, -0.15) is 13.2 Å². The number of nitrogens with one attached hydrogen (secondary N) is 2. The van der Waals surface area contributed by atoms with Gasteiger partial charge in [-0.3, -0.25) is 4.79 Å². The van der Waals surface area contributed by atoms with Crippen LogP contribution in [0.4, 0.5) is 39.0 Å². The van der Waals surface area contributed by atoms with E-state index in [2.05, 4.69) is 15.6 Å². The fourth-order valence-corrected chi connectivity index (χ4v) is 2.29. The first kappa shape index (κ1) is 19.3. The van der Waals surface area contributed by atoms with Crippen molar-refractivity contribution < 1.29 is 26.7 Å². The van der Waals surface area contributed by atoms with Crippen molar-refractivity contribution >= 4 is 23.0 Å². The van der Waals surface area contributed by atoms with Gasteiger partial charge in [0.15, 0.2) is 0 Å². The van der Waals surface area contributed by atoms with Gasteiger partial charge in [0.1, 0.15) is 17.3 Å². The van der Waals surface area contributed by atoms with E-state index in [4.69, 9.17) is 0 Å². The van der Waals surface area contributed by atoms with Crippen LogP contribution >= 0.6 is 0 Å².